The molecular formula is C16H18N4O2S. The van der Waals surface area contributed by atoms with Crippen LogP contribution in [0.5, 0.6) is 0 Å². The third-order valence-electron chi connectivity index (χ3n) is 3.39. The van der Waals surface area contributed by atoms with Gasteiger partial charge in [-0.05, 0) is 26.0 Å². The van der Waals surface area contributed by atoms with Crippen LogP contribution in [-0.4, -0.2) is 26.4 Å². The second-order valence-electron chi connectivity index (χ2n) is 5.32. The summed E-state index contributed by atoms with van der Waals surface area (Å²) in [6.45, 7) is 3.87. The number of rotatable bonds is 5. The predicted molar refractivity (Wildman–Crippen MR) is 91.5 cm³/mol. The Morgan fingerprint density at radius 2 is 2.22 bits per heavy atom. The molecule has 0 aliphatic rings. The van der Waals surface area contributed by atoms with Crippen molar-refractivity contribution in [2.75, 3.05) is 11.1 Å². The van der Waals surface area contributed by atoms with Crippen LogP contribution >= 0.6 is 11.8 Å². The number of para-hydroxylation sites is 2. The molecule has 1 aromatic carbocycles. The maximum absolute atomic E-state index is 12.1. The molecule has 0 radical (unpaired) electrons. The Balaban J connectivity index is 1.58. The minimum absolute atomic E-state index is 0.00132. The zero-order valence-electron chi connectivity index (χ0n) is 13.2. The molecule has 2 aromatic heterocycles. The first-order valence-corrected chi connectivity index (χ1v) is 8.35. The number of nitrogens with zero attached hydrogens (tertiary/aromatic N) is 3. The van der Waals surface area contributed by atoms with E-state index in [4.69, 9.17) is 4.42 Å². The predicted octanol–water partition coefficient (Wildman–Crippen LogP) is 3.30. The number of anilines is 1. The van der Waals surface area contributed by atoms with Crippen molar-refractivity contribution in [3.63, 3.8) is 0 Å². The fourth-order valence-corrected chi connectivity index (χ4v) is 2.96. The summed E-state index contributed by atoms with van der Waals surface area (Å²) in [6, 6.07) is 9.48. The number of carbonyl (C=O) groups excluding carboxylic acids is 1. The molecule has 23 heavy (non-hydrogen) atoms. The number of oxazole rings is 1. The van der Waals surface area contributed by atoms with Gasteiger partial charge in [-0.1, -0.05) is 12.1 Å². The Kier molecular flexibility index (Phi) is 4.38. The van der Waals surface area contributed by atoms with Gasteiger partial charge in [0.1, 0.15) is 11.3 Å². The molecule has 0 aliphatic heterocycles. The summed E-state index contributed by atoms with van der Waals surface area (Å²) >= 11 is 1.49. The number of hydrogen-bond acceptors (Lipinski definition) is 5. The van der Waals surface area contributed by atoms with Gasteiger partial charge in [0.05, 0.1) is 16.7 Å². The average Bonchev–Trinajstić information content (AvgIpc) is 3.08. The second kappa shape index (κ2) is 6.45. The van der Waals surface area contributed by atoms with Crippen molar-refractivity contribution in [2.24, 2.45) is 7.05 Å². The summed E-state index contributed by atoms with van der Waals surface area (Å²) in [6.07, 6.45) is 0. The van der Waals surface area contributed by atoms with Crippen molar-refractivity contribution >= 4 is 34.6 Å². The first-order valence-electron chi connectivity index (χ1n) is 7.30. The molecule has 0 saturated heterocycles. The van der Waals surface area contributed by atoms with E-state index in [0.717, 1.165) is 16.8 Å². The van der Waals surface area contributed by atoms with Gasteiger partial charge in [0.15, 0.2) is 5.58 Å². The van der Waals surface area contributed by atoms with E-state index >= 15 is 0 Å². The van der Waals surface area contributed by atoms with E-state index in [0.29, 0.717) is 17.5 Å². The third-order valence-corrected chi connectivity index (χ3v) is 4.52. The molecule has 0 bridgehead atoms. The lowest BCUT2D eigenvalue weighted by atomic mass is 10.3. The summed E-state index contributed by atoms with van der Waals surface area (Å²) in [4.78, 5) is 16.5. The number of nitrogens with one attached hydrogen (secondary N) is 1. The van der Waals surface area contributed by atoms with Crippen molar-refractivity contribution < 1.29 is 9.21 Å². The maximum atomic E-state index is 12.1. The maximum Gasteiger partial charge on any atom is 0.235 e. The van der Waals surface area contributed by atoms with E-state index in [1.807, 2.05) is 44.2 Å². The fraction of sp³-hybridized carbons (Fsp3) is 0.312. The third kappa shape index (κ3) is 3.56. The smallest absolute Gasteiger partial charge is 0.235 e. The van der Waals surface area contributed by atoms with E-state index in [2.05, 4.69) is 15.4 Å². The van der Waals surface area contributed by atoms with Crippen LogP contribution in [0.15, 0.2) is 34.7 Å². The summed E-state index contributed by atoms with van der Waals surface area (Å²) in [7, 11) is 1.80. The van der Waals surface area contributed by atoms with Crippen LogP contribution in [0, 0.1) is 6.92 Å². The number of aromatic nitrogens is 3. The van der Waals surface area contributed by atoms with Gasteiger partial charge in [-0.2, -0.15) is 5.10 Å². The molecule has 1 atom stereocenters. The molecule has 1 amide bonds. The van der Waals surface area contributed by atoms with Crippen LogP contribution in [0.25, 0.3) is 11.1 Å². The number of benzene rings is 1. The summed E-state index contributed by atoms with van der Waals surface area (Å²) < 4.78 is 7.38. The van der Waals surface area contributed by atoms with Crippen molar-refractivity contribution in [3.05, 3.63) is 41.9 Å². The van der Waals surface area contributed by atoms with Gasteiger partial charge in [0.2, 0.25) is 11.8 Å². The molecule has 2 heterocycles. The van der Waals surface area contributed by atoms with E-state index in [1.165, 1.54) is 11.8 Å². The highest BCUT2D eigenvalue weighted by atomic mass is 32.2. The summed E-state index contributed by atoms with van der Waals surface area (Å²) in [5.41, 5.74) is 2.48. The zero-order chi connectivity index (χ0) is 16.4. The molecule has 0 fully saturated rings. The Morgan fingerprint density at radius 3 is 2.91 bits per heavy atom. The van der Waals surface area contributed by atoms with Gasteiger partial charge in [-0.3, -0.25) is 9.48 Å². The quantitative estimate of drug-likeness (QED) is 0.777. The topological polar surface area (TPSA) is 73.0 Å². The normalized spacial score (nSPS) is 12.5. The van der Waals surface area contributed by atoms with E-state index < -0.39 is 0 Å². The Hall–Kier alpha value is -2.28. The summed E-state index contributed by atoms with van der Waals surface area (Å²) in [5, 5.41) is 7.06. The van der Waals surface area contributed by atoms with Crippen LogP contribution in [0.4, 0.5) is 5.82 Å². The van der Waals surface area contributed by atoms with Gasteiger partial charge in [-0.15, -0.1) is 11.8 Å². The highest BCUT2D eigenvalue weighted by molar-refractivity contribution is 8.00. The largest absolute Gasteiger partial charge is 0.439 e. The molecule has 7 heteroatoms. The number of amides is 1. The first kappa shape index (κ1) is 15.6. The Bertz CT molecular complexity index is 807. The highest BCUT2D eigenvalue weighted by Gasteiger charge is 2.16. The monoisotopic (exact) mass is 330 g/mol. The summed E-state index contributed by atoms with van der Waals surface area (Å²) in [5.74, 6) is 1.59. The van der Waals surface area contributed by atoms with E-state index in [1.54, 1.807) is 11.7 Å². The standard InChI is InChI=1S/C16H18N4O2S/c1-10-8-14(20(3)19-10)18-15(21)9-23-11(2)16-17-12-6-4-5-7-13(12)22-16/h4-8,11H,9H2,1-3H3,(H,18,21). The van der Waals surface area contributed by atoms with Gasteiger partial charge >= 0.3 is 0 Å². The van der Waals surface area contributed by atoms with Gasteiger partial charge in [0, 0.05) is 13.1 Å². The van der Waals surface area contributed by atoms with Crippen molar-refractivity contribution in [2.45, 2.75) is 19.1 Å². The van der Waals surface area contributed by atoms with Gasteiger partial charge in [0.25, 0.3) is 0 Å². The average molecular weight is 330 g/mol. The molecule has 1 unspecified atom stereocenters. The fourth-order valence-electron chi connectivity index (χ4n) is 2.24. The molecule has 3 aromatic rings. The number of thioether (sulfide) groups is 1. The van der Waals surface area contributed by atoms with Crippen LogP contribution < -0.4 is 5.32 Å². The van der Waals surface area contributed by atoms with Crippen LogP contribution in [0.2, 0.25) is 0 Å². The Morgan fingerprint density at radius 1 is 1.43 bits per heavy atom. The first-order chi connectivity index (χ1) is 11.0. The van der Waals surface area contributed by atoms with E-state index in [9.17, 15) is 4.79 Å². The van der Waals surface area contributed by atoms with Crippen molar-refractivity contribution in [1.82, 2.24) is 14.8 Å². The molecule has 0 aliphatic carbocycles. The van der Waals surface area contributed by atoms with Gasteiger partial charge in [-0.25, -0.2) is 4.98 Å². The molecule has 0 spiro atoms. The molecule has 120 valence electrons. The molecule has 6 nitrogen and oxygen atoms in total. The highest BCUT2D eigenvalue weighted by Crippen LogP contribution is 2.30. The van der Waals surface area contributed by atoms with E-state index in [-0.39, 0.29) is 11.2 Å². The lowest BCUT2D eigenvalue weighted by molar-refractivity contribution is -0.113. The van der Waals surface area contributed by atoms with Gasteiger partial charge < -0.3 is 9.73 Å². The minimum Gasteiger partial charge on any atom is -0.439 e. The molecule has 0 saturated carbocycles. The number of carbonyl (C=O) groups is 1. The lowest BCUT2D eigenvalue weighted by Gasteiger charge is -2.08. The zero-order valence-corrected chi connectivity index (χ0v) is 14.1. The van der Waals surface area contributed by atoms with Crippen molar-refractivity contribution in [1.29, 1.82) is 0 Å². The molecule has 3 rings (SSSR count). The Labute approximate surface area is 138 Å². The van der Waals surface area contributed by atoms with Crippen LogP contribution in [-0.2, 0) is 11.8 Å². The lowest BCUT2D eigenvalue weighted by Crippen LogP contribution is -2.17. The van der Waals surface area contributed by atoms with Crippen LogP contribution in [0.3, 0.4) is 0 Å². The van der Waals surface area contributed by atoms with Crippen LogP contribution in [0.1, 0.15) is 23.8 Å². The minimum atomic E-state index is -0.0686. The number of fused-ring (bicyclic) bond motifs is 1. The SMILES string of the molecule is Cc1cc(NC(=O)CSC(C)c2nc3ccccc3o2)n(C)n1. The van der Waals surface area contributed by atoms with Crippen molar-refractivity contribution in [3.8, 4) is 0 Å². The molecular weight excluding hydrogens is 312 g/mol. The number of hydrogen-bond donors (Lipinski definition) is 1. The molecule has 1 N–H and O–H groups in total. The second-order valence-corrected chi connectivity index (χ2v) is 6.64. The number of aryl methyl sites for hydroxylation is 2.